The van der Waals surface area contributed by atoms with Gasteiger partial charge in [-0.15, -0.1) is 0 Å². The van der Waals surface area contributed by atoms with E-state index in [2.05, 4.69) is 32.2 Å². The number of hydrogen-bond donors (Lipinski definition) is 0. The van der Waals surface area contributed by atoms with Gasteiger partial charge in [-0.2, -0.15) is 11.8 Å². The minimum absolute atomic E-state index is 0.941. The highest BCUT2D eigenvalue weighted by molar-refractivity contribution is 7.99. The van der Waals surface area contributed by atoms with Crippen molar-refractivity contribution < 1.29 is 8.85 Å². The Bertz CT molecular complexity index is 285. The normalized spacial score (nSPS) is 13.3. The van der Waals surface area contributed by atoms with Gasteiger partial charge in [0.1, 0.15) is 0 Å². The topological polar surface area (TPSA) is 18.5 Å². The van der Waals surface area contributed by atoms with Crippen LogP contribution < -0.4 is 0 Å². The van der Waals surface area contributed by atoms with Crippen molar-refractivity contribution in [2.24, 2.45) is 5.92 Å². The van der Waals surface area contributed by atoms with Crippen LogP contribution in [0.25, 0.3) is 0 Å². The van der Waals surface area contributed by atoms with E-state index in [-0.39, 0.29) is 0 Å². The maximum Gasteiger partial charge on any atom is 0.334 e. The molecule has 0 amide bonds. The standard InChI is InChI=1S/C22H48O2SSi/c1-6-8-10-12-13-15-18-22(17-14-11-9-7-2)21-25-19-16-20-26(5,23-3)24-4/h22H,6-21H2,1-5H3. The first-order valence-corrected chi connectivity index (χ1v) is 15.0. The summed E-state index contributed by atoms with van der Waals surface area (Å²) in [6, 6.07) is 1.12. The minimum Gasteiger partial charge on any atom is -0.398 e. The molecule has 0 N–H and O–H groups in total. The van der Waals surface area contributed by atoms with Gasteiger partial charge < -0.3 is 8.85 Å². The molecule has 0 saturated heterocycles. The van der Waals surface area contributed by atoms with Gasteiger partial charge in [-0.1, -0.05) is 78.1 Å². The second kappa shape index (κ2) is 18.8. The monoisotopic (exact) mass is 404 g/mol. The van der Waals surface area contributed by atoms with Crippen molar-refractivity contribution in [3.8, 4) is 0 Å². The van der Waals surface area contributed by atoms with Crippen molar-refractivity contribution in [1.29, 1.82) is 0 Å². The van der Waals surface area contributed by atoms with Crippen molar-refractivity contribution in [2.75, 3.05) is 25.7 Å². The van der Waals surface area contributed by atoms with Gasteiger partial charge in [-0.25, -0.2) is 0 Å². The van der Waals surface area contributed by atoms with E-state index < -0.39 is 8.56 Å². The summed E-state index contributed by atoms with van der Waals surface area (Å²) < 4.78 is 11.2. The summed E-state index contributed by atoms with van der Waals surface area (Å²) in [4.78, 5) is 0. The van der Waals surface area contributed by atoms with Crippen LogP contribution in [0.3, 0.4) is 0 Å². The van der Waals surface area contributed by atoms with Crippen molar-refractivity contribution in [3.63, 3.8) is 0 Å². The minimum atomic E-state index is -1.86. The van der Waals surface area contributed by atoms with Gasteiger partial charge in [0, 0.05) is 14.2 Å². The summed E-state index contributed by atoms with van der Waals surface area (Å²) in [6.45, 7) is 6.78. The lowest BCUT2D eigenvalue weighted by Gasteiger charge is -2.22. The molecule has 0 aromatic heterocycles. The number of hydrogen-bond acceptors (Lipinski definition) is 3. The Morgan fingerprint density at radius 1 is 0.731 bits per heavy atom. The van der Waals surface area contributed by atoms with E-state index in [0.29, 0.717) is 0 Å². The van der Waals surface area contributed by atoms with E-state index in [4.69, 9.17) is 8.85 Å². The molecule has 0 spiro atoms. The molecule has 1 unspecified atom stereocenters. The predicted molar refractivity (Wildman–Crippen MR) is 123 cm³/mol. The first kappa shape index (κ1) is 26.5. The molecule has 0 aliphatic heterocycles. The fraction of sp³-hybridized carbons (Fsp3) is 1.00. The Hall–Kier alpha value is 0.487. The lowest BCUT2D eigenvalue weighted by molar-refractivity contribution is 0.249. The molecule has 2 nitrogen and oxygen atoms in total. The Labute approximate surface area is 170 Å². The molecule has 0 aromatic rings. The van der Waals surface area contributed by atoms with Crippen LogP contribution in [0.15, 0.2) is 0 Å². The lowest BCUT2D eigenvalue weighted by atomic mass is 9.96. The Morgan fingerprint density at radius 2 is 1.23 bits per heavy atom. The van der Waals surface area contributed by atoms with Crippen LogP contribution in [0.4, 0.5) is 0 Å². The molecular weight excluding hydrogens is 356 g/mol. The first-order chi connectivity index (χ1) is 12.6. The zero-order valence-corrected chi connectivity index (χ0v) is 20.4. The van der Waals surface area contributed by atoms with Crippen LogP contribution in [0, 0.1) is 5.92 Å². The zero-order chi connectivity index (χ0) is 19.5. The second-order valence-electron chi connectivity index (χ2n) is 7.99. The highest BCUT2D eigenvalue weighted by Crippen LogP contribution is 2.24. The average molecular weight is 405 g/mol. The van der Waals surface area contributed by atoms with Crippen LogP contribution in [-0.2, 0) is 8.85 Å². The van der Waals surface area contributed by atoms with Gasteiger partial charge in [0.05, 0.1) is 0 Å². The van der Waals surface area contributed by atoms with Crippen molar-refractivity contribution in [1.82, 2.24) is 0 Å². The van der Waals surface area contributed by atoms with E-state index in [1.807, 2.05) is 0 Å². The molecule has 158 valence electrons. The molecule has 0 rings (SSSR count). The quantitative estimate of drug-likeness (QED) is 0.152. The fourth-order valence-electron chi connectivity index (χ4n) is 3.42. The summed E-state index contributed by atoms with van der Waals surface area (Å²) in [5, 5.41) is 0. The number of rotatable bonds is 20. The molecule has 0 aromatic carbocycles. The fourth-order valence-corrected chi connectivity index (χ4v) is 6.25. The molecular formula is C22H48O2SSi. The smallest absolute Gasteiger partial charge is 0.334 e. The largest absolute Gasteiger partial charge is 0.398 e. The summed E-state index contributed by atoms with van der Waals surface area (Å²) in [6.07, 6.45) is 18.3. The SMILES string of the molecule is CCCCCCCCC(CCCCCC)CSCCC[Si](C)(OC)OC. The van der Waals surface area contributed by atoms with Gasteiger partial charge in [-0.3, -0.25) is 0 Å². The Morgan fingerprint density at radius 3 is 1.77 bits per heavy atom. The molecule has 1 atom stereocenters. The lowest BCUT2D eigenvalue weighted by Crippen LogP contribution is -2.35. The highest BCUT2D eigenvalue weighted by atomic mass is 32.2. The maximum atomic E-state index is 5.59. The third-order valence-electron chi connectivity index (χ3n) is 5.57. The van der Waals surface area contributed by atoms with Crippen LogP contribution >= 0.6 is 11.8 Å². The molecule has 0 saturated carbocycles. The van der Waals surface area contributed by atoms with Gasteiger partial charge in [0.2, 0.25) is 0 Å². The van der Waals surface area contributed by atoms with E-state index in [1.54, 1.807) is 14.2 Å². The van der Waals surface area contributed by atoms with Crippen LogP contribution in [-0.4, -0.2) is 34.3 Å². The summed E-state index contributed by atoms with van der Waals surface area (Å²) in [5.74, 6) is 3.56. The summed E-state index contributed by atoms with van der Waals surface area (Å²) in [5.41, 5.74) is 0. The van der Waals surface area contributed by atoms with Crippen LogP contribution in [0.1, 0.15) is 97.3 Å². The van der Waals surface area contributed by atoms with Gasteiger partial charge in [0.25, 0.3) is 0 Å². The van der Waals surface area contributed by atoms with Gasteiger partial charge in [0.15, 0.2) is 0 Å². The van der Waals surface area contributed by atoms with E-state index in [1.165, 1.54) is 95.0 Å². The summed E-state index contributed by atoms with van der Waals surface area (Å²) in [7, 11) is 1.75. The van der Waals surface area contributed by atoms with Crippen molar-refractivity contribution >= 4 is 20.3 Å². The maximum absolute atomic E-state index is 5.59. The zero-order valence-electron chi connectivity index (χ0n) is 18.6. The molecule has 4 heteroatoms. The van der Waals surface area contributed by atoms with Crippen molar-refractivity contribution in [3.05, 3.63) is 0 Å². The first-order valence-electron chi connectivity index (χ1n) is 11.3. The number of unbranched alkanes of at least 4 members (excludes halogenated alkanes) is 8. The Balaban J connectivity index is 3.94. The van der Waals surface area contributed by atoms with E-state index >= 15 is 0 Å². The van der Waals surface area contributed by atoms with Crippen LogP contribution in [0.5, 0.6) is 0 Å². The molecule has 0 heterocycles. The average Bonchev–Trinajstić information content (AvgIpc) is 2.66. The molecule has 0 bridgehead atoms. The molecule has 0 aliphatic carbocycles. The number of thioether (sulfide) groups is 1. The van der Waals surface area contributed by atoms with E-state index in [0.717, 1.165) is 12.0 Å². The van der Waals surface area contributed by atoms with Crippen LogP contribution in [0.2, 0.25) is 12.6 Å². The predicted octanol–water partition coefficient (Wildman–Crippen LogP) is 7.81. The molecule has 0 radical (unpaired) electrons. The Kier molecular flexibility index (Phi) is 19.2. The second-order valence-corrected chi connectivity index (χ2v) is 12.7. The molecule has 0 aliphatic rings. The van der Waals surface area contributed by atoms with Gasteiger partial charge in [-0.05, 0) is 49.3 Å². The highest BCUT2D eigenvalue weighted by Gasteiger charge is 2.27. The third kappa shape index (κ3) is 15.5. The summed E-state index contributed by atoms with van der Waals surface area (Å²) >= 11 is 2.17. The molecule has 26 heavy (non-hydrogen) atoms. The molecule has 0 fully saturated rings. The van der Waals surface area contributed by atoms with E-state index in [9.17, 15) is 0 Å². The third-order valence-corrected chi connectivity index (χ3v) is 9.84. The van der Waals surface area contributed by atoms with Gasteiger partial charge >= 0.3 is 8.56 Å². The van der Waals surface area contributed by atoms with Crippen molar-refractivity contribution in [2.45, 2.75) is 110 Å².